The zero-order chi connectivity index (χ0) is 6.78. The van der Waals surface area contributed by atoms with Crippen LogP contribution in [0.5, 0.6) is 0 Å². The highest BCUT2D eigenvalue weighted by Gasteiger charge is 2.21. The Kier molecular flexibility index (Phi) is 4.95. The average Bonchev–Trinajstić information content (AvgIpc) is 1.67. The van der Waals surface area contributed by atoms with Crippen molar-refractivity contribution in [2.45, 2.75) is 38.8 Å². The molecule has 2 unspecified atom stereocenters. The summed E-state index contributed by atoms with van der Waals surface area (Å²) >= 11 is 0. The molecule has 0 saturated carbocycles. The standard InChI is InChI=1S/C6H15NO.H2O/c1-4-6(3,7)5(2)8;/h5,8H,4,7H2,1-3H3;1H2. The summed E-state index contributed by atoms with van der Waals surface area (Å²) in [6.45, 7) is 5.52. The number of hydrogen-bond donors (Lipinski definition) is 2. The molecule has 58 valence electrons. The van der Waals surface area contributed by atoms with Gasteiger partial charge in [0.15, 0.2) is 0 Å². The molecule has 0 radical (unpaired) electrons. The fourth-order valence-electron chi connectivity index (χ4n) is 0.295. The van der Waals surface area contributed by atoms with Crippen LogP contribution in [-0.4, -0.2) is 22.2 Å². The lowest BCUT2D eigenvalue weighted by atomic mass is 9.95. The summed E-state index contributed by atoms with van der Waals surface area (Å²) in [5.41, 5.74) is 5.21. The molecule has 0 saturated heterocycles. The van der Waals surface area contributed by atoms with Crippen LogP contribution in [0.3, 0.4) is 0 Å². The van der Waals surface area contributed by atoms with Crippen molar-refractivity contribution in [3.63, 3.8) is 0 Å². The Hall–Kier alpha value is -0.120. The monoisotopic (exact) mass is 135 g/mol. The molecule has 0 spiro atoms. The van der Waals surface area contributed by atoms with Crippen LogP contribution in [0.4, 0.5) is 0 Å². The van der Waals surface area contributed by atoms with Gasteiger partial charge in [-0.3, -0.25) is 0 Å². The lowest BCUT2D eigenvalue weighted by molar-refractivity contribution is 0.109. The zero-order valence-electron chi connectivity index (χ0n) is 6.31. The van der Waals surface area contributed by atoms with Crippen molar-refractivity contribution >= 4 is 0 Å². The number of aliphatic hydroxyl groups is 1. The van der Waals surface area contributed by atoms with Gasteiger partial charge in [0.25, 0.3) is 0 Å². The third kappa shape index (κ3) is 3.46. The molecular weight excluding hydrogens is 118 g/mol. The molecule has 0 aromatic carbocycles. The van der Waals surface area contributed by atoms with Gasteiger partial charge in [0.2, 0.25) is 0 Å². The number of nitrogens with two attached hydrogens (primary N) is 1. The molecule has 0 aromatic rings. The van der Waals surface area contributed by atoms with E-state index < -0.39 is 11.6 Å². The normalized spacial score (nSPS) is 19.7. The van der Waals surface area contributed by atoms with E-state index in [9.17, 15) is 0 Å². The van der Waals surface area contributed by atoms with E-state index in [0.29, 0.717) is 0 Å². The van der Waals surface area contributed by atoms with E-state index in [2.05, 4.69) is 0 Å². The van der Waals surface area contributed by atoms with Crippen LogP contribution < -0.4 is 5.73 Å². The molecule has 2 atom stereocenters. The van der Waals surface area contributed by atoms with Gasteiger partial charge in [0, 0.05) is 5.54 Å². The Bertz CT molecular complexity index is 71.5. The van der Waals surface area contributed by atoms with Crippen LogP contribution in [0.25, 0.3) is 0 Å². The zero-order valence-corrected chi connectivity index (χ0v) is 6.31. The maximum absolute atomic E-state index is 8.96. The second-order valence-corrected chi connectivity index (χ2v) is 2.54. The fraction of sp³-hybridized carbons (Fsp3) is 1.00. The summed E-state index contributed by atoms with van der Waals surface area (Å²) in [6.07, 6.45) is 0.400. The molecule has 3 heteroatoms. The Labute approximate surface area is 56.2 Å². The summed E-state index contributed by atoms with van der Waals surface area (Å²) in [6, 6.07) is 0. The van der Waals surface area contributed by atoms with Crippen LogP contribution in [0.15, 0.2) is 0 Å². The van der Waals surface area contributed by atoms with E-state index in [1.807, 2.05) is 13.8 Å². The molecule has 9 heavy (non-hydrogen) atoms. The molecule has 0 fully saturated rings. The van der Waals surface area contributed by atoms with Gasteiger partial charge in [-0.15, -0.1) is 0 Å². The predicted octanol–water partition coefficient (Wildman–Crippen LogP) is -0.330. The summed E-state index contributed by atoms with van der Waals surface area (Å²) < 4.78 is 0. The minimum atomic E-state index is -0.410. The minimum absolute atomic E-state index is 0. The number of hydrogen-bond acceptors (Lipinski definition) is 2. The first-order valence-electron chi connectivity index (χ1n) is 2.97. The van der Waals surface area contributed by atoms with Crippen LogP contribution in [0.2, 0.25) is 0 Å². The second-order valence-electron chi connectivity index (χ2n) is 2.54. The Morgan fingerprint density at radius 2 is 2.00 bits per heavy atom. The molecule has 0 aliphatic heterocycles. The fourth-order valence-corrected chi connectivity index (χ4v) is 0.295. The third-order valence-electron chi connectivity index (χ3n) is 1.72. The van der Waals surface area contributed by atoms with Crippen molar-refractivity contribution in [2.75, 3.05) is 0 Å². The largest absolute Gasteiger partial charge is 0.412 e. The van der Waals surface area contributed by atoms with Gasteiger partial charge < -0.3 is 16.3 Å². The summed E-state index contributed by atoms with van der Waals surface area (Å²) in [7, 11) is 0. The van der Waals surface area contributed by atoms with Crippen molar-refractivity contribution in [2.24, 2.45) is 5.73 Å². The lowest BCUT2D eigenvalue weighted by Gasteiger charge is -2.25. The van der Waals surface area contributed by atoms with E-state index in [1.165, 1.54) is 0 Å². The summed E-state index contributed by atoms with van der Waals surface area (Å²) in [5.74, 6) is 0. The van der Waals surface area contributed by atoms with Gasteiger partial charge in [-0.1, -0.05) is 6.92 Å². The molecule has 0 aromatic heterocycles. The number of rotatable bonds is 2. The topological polar surface area (TPSA) is 77.8 Å². The van der Waals surface area contributed by atoms with Gasteiger partial charge in [-0.2, -0.15) is 0 Å². The first kappa shape index (κ1) is 11.6. The van der Waals surface area contributed by atoms with Crippen molar-refractivity contribution in [1.82, 2.24) is 0 Å². The first-order chi connectivity index (χ1) is 3.50. The van der Waals surface area contributed by atoms with Gasteiger partial charge >= 0.3 is 0 Å². The third-order valence-corrected chi connectivity index (χ3v) is 1.72. The van der Waals surface area contributed by atoms with E-state index >= 15 is 0 Å². The van der Waals surface area contributed by atoms with E-state index in [-0.39, 0.29) is 5.48 Å². The highest BCUT2D eigenvalue weighted by Crippen LogP contribution is 2.08. The summed E-state index contributed by atoms with van der Waals surface area (Å²) in [4.78, 5) is 0. The maximum Gasteiger partial charge on any atom is 0.0688 e. The first-order valence-corrected chi connectivity index (χ1v) is 2.97. The quantitative estimate of drug-likeness (QED) is 0.544. The van der Waals surface area contributed by atoms with Gasteiger partial charge in [0.05, 0.1) is 6.10 Å². The lowest BCUT2D eigenvalue weighted by Crippen LogP contribution is -2.45. The van der Waals surface area contributed by atoms with Gasteiger partial charge in [-0.05, 0) is 20.3 Å². The Morgan fingerprint density at radius 3 is 2.00 bits per heavy atom. The molecule has 3 nitrogen and oxygen atoms in total. The highest BCUT2D eigenvalue weighted by molar-refractivity contribution is 4.81. The SMILES string of the molecule is CCC(C)(N)C(C)O.O. The van der Waals surface area contributed by atoms with E-state index in [4.69, 9.17) is 10.8 Å². The molecule has 0 rings (SSSR count). The predicted molar refractivity (Wildman–Crippen MR) is 38.2 cm³/mol. The molecule has 0 bridgehead atoms. The second kappa shape index (κ2) is 3.82. The van der Waals surface area contributed by atoms with Crippen LogP contribution in [0, 0.1) is 0 Å². The molecule has 0 heterocycles. The molecule has 0 aliphatic carbocycles. The van der Waals surface area contributed by atoms with Crippen LogP contribution >= 0.6 is 0 Å². The van der Waals surface area contributed by atoms with Crippen molar-refractivity contribution < 1.29 is 10.6 Å². The molecule has 5 N–H and O–H groups in total. The number of aliphatic hydroxyl groups excluding tert-OH is 1. The Balaban J connectivity index is 0. The van der Waals surface area contributed by atoms with Crippen molar-refractivity contribution in [1.29, 1.82) is 0 Å². The van der Waals surface area contributed by atoms with Crippen LogP contribution in [0.1, 0.15) is 27.2 Å². The summed E-state index contributed by atoms with van der Waals surface area (Å²) in [5, 5.41) is 8.96. The van der Waals surface area contributed by atoms with Gasteiger partial charge in [0.1, 0.15) is 0 Å². The molecular formula is C6H17NO2. The van der Waals surface area contributed by atoms with Crippen molar-refractivity contribution in [3.8, 4) is 0 Å². The Morgan fingerprint density at radius 1 is 1.67 bits per heavy atom. The van der Waals surface area contributed by atoms with Crippen molar-refractivity contribution in [3.05, 3.63) is 0 Å². The minimum Gasteiger partial charge on any atom is -0.412 e. The van der Waals surface area contributed by atoms with E-state index in [0.717, 1.165) is 6.42 Å². The van der Waals surface area contributed by atoms with E-state index in [1.54, 1.807) is 6.92 Å². The maximum atomic E-state index is 8.96. The van der Waals surface area contributed by atoms with Crippen LogP contribution in [-0.2, 0) is 0 Å². The van der Waals surface area contributed by atoms with Gasteiger partial charge in [-0.25, -0.2) is 0 Å². The highest BCUT2D eigenvalue weighted by atomic mass is 16.3. The molecule has 0 aliphatic rings. The average molecular weight is 135 g/mol. The molecule has 0 amide bonds. The smallest absolute Gasteiger partial charge is 0.0688 e.